The van der Waals surface area contributed by atoms with Crippen molar-refractivity contribution in [3.05, 3.63) is 22.4 Å². The number of amides is 1. The summed E-state index contributed by atoms with van der Waals surface area (Å²) in [5.74, 6) is 0.249. The minimum Gasteiger partial charge on any atom is -0.317 e. The number of hydrogen-bond donors (Lipinski definition) is 1. The number of rotatable bonds is 2. The van der Waals surface area contributed by atoms with Crippen molar-refractivity contribution in [3.63, 3.8) is 0 Å². The van der Waals surface area contributed by atoms with Gasteiger partial charge in [0.15, 0.2) is 0 Å². The topological polar surface area (TPSA) is 32.3 Å². The number of nitrogens with one attached hydrogen (secondary N) is 1. The van der Waals surface area contributed by atoms with Gasteiger partial charge in [0.25, 0.3) is 0 Å². The molecule has 1 amide bonds. The lowest BCUT2D eigenvalue weighted by Gasteiger charge is -2.25. The Morgan fingerprint density at radius 3 is 2.76 bits per heavy atom. The molecule has 1 aromatic rings. The molecule has 1 N–H and O–H groups in total. The van der Waals surface area contributed by atoms with E-state index in [1.165, 1.54) is 4.88 Å². The molecule has 3 rings (SSSR count). The molecule has 1 aliphatic heterocycles. The van der Waals surface area contributed by atoms with E-state index >= 15 is 0 Å². The number of thiophene rings is 1. The maximum Gasteiger partial charge on any atom is 0.241 e. The standard InChI is InChI=1S/C13H18N2OS/c1-8-12(16)15(10-7-13(10,2)3)11(14-8)9-5-4-6-17-9/h4-6,8,10-11,14H,7H2,1-3H3. The zero-order chi connectivity index (χ0) is 12.2. The zero-order valence-electron chi connectivity index (χ0n) is 10.4. The van der Waals surface area contributed by atoms with Crippen LogP contribution in [0.2, 0.25) is 0 Å². The van der Waals surface area contributed by atoms with Gasteiger partial charge in [0.2, 0.25) is 5.91 Å². The van der Waals surface area contributed by atoms with Gasteiger partial charge in [0.05, 0.1) is 6.04 Å². The summed E-state index contributed by atoms with van der Waals surface area (Å²) in [6.07, 6.45) is 1.21. The van der Waals surface area contributed by atoms with E-state index in [1.54, 1.807) is 11.3 Å². The summed E-state index contributed by atoms with van der Waals surface area (Å²) in [4.78, 5) is 15.6. The monoisotopic (exact) mass is 250 g/mol. The maximum absolute atomic E-state index is 12.2. The van der Waals surface area contributed by atoms with E-state index < -0.39 is 0 Å². The molecule has 0 spiro atoms. The fourth-order valence-corrected chi connectivity index (χ4v) is 3.44. The Labute approximate surface area is 106 Å². The van der Waals surface area contributed by atoms with Crippen molar-refractivity contribution in [1.82, 2.24) is 10.2 Å². The molecule has 17 heavy (non-hydrogen) atoms. The van der Waals surface area contributed by atoms with E-state index in [2.05, 4.69) is 35.5 Å². The summed E-state index contributed by atoms with van der Waals surface area (Å²) in [6, 6.07) is 4.50. The van der Waals surface area contributed by atoms with Crippen LogP contribution < -0.4 is 5.32 Å². The Morgan fingerprint density at radius 1 is 1.53 bits per heavy atom. The van der Waals surface area contributed by atoms with Crippen molar-refractivity contribution >= 4 is 17.2 Å². The molecule has 2 fully saturated rings. The Morgan fingerprint density at radius 2 is 2.24 bits per heavy atom. The van der Waals surface area contributed by atoms with Crippen LogP contribution in [0, 0.1) is 5.41 Å². The van der Waals surface area contributed by atoms with Crippen LogP contribution in [0.1, 0.15) is 38.2 Å². The second-order valence-electron chi connectivity index (χ2n) is 5.76. The maximum atomic E-state index is 12.2. The molecule has 2 heterocycles. The van der Waals surface area contributed by atoms with Gasteiger partial charge in [0.1, 0.15) is 6.17 Å². The number of carbonyl (C=O) groups is 1. The fourth-order valence-electron chi connectivity index (χ4n) is 2.65. The van der Waals surface area contributed by atoms with Gasteiger partial charge >= 0.3 is 0 Å². The fraction of sp³-hybridized carbons (Fsp3) is 0.615. The van der Waals surface area contributed by atoms with Gasteiger partial charge in [-0.1, -0.05) is 19.9 Å². The lowest BCUT2D eigenvalue weighted by Crippen LogP contribution is -2.34. The highest BCUT2D eigenvalue weighted by atomic mass is 32.1. The molecule has 0 aromatic carbocycles. The highest BCUT2D eigenvalue weighted by molar-refractivity contribution is 7.10. The largest absolute Gasteiger partial charge is 0.317 e. The molecule has 1 saturated heterocycles. The molecule has 3 nitrogen and oxygen atoms in total. The normalized spacial score (nSPS) is 35.4. The summed E-state index contributed by atoms with van der Waals surface area (Å²) >= 11 is 1.72. The zero-order valence-corrected chi connectivity index (χ0v) is 11.3. The van der Waals surface area contributed by atoms with Crippen LogP contribution in [0.5, 0.6) is 0 Å². The summed E-state index contributed by atoms with van der Waals surface area (Å²) in [7, 11) is 0. The van der Waals surface area contributed by atoms with Crippen LogP contribution in [-0.2, 0) is 4.79 Å². The summed E-state index contributed by atoms with van der Waals surface area (Å²) in [5.41, 5.74) is 0.289. The molecule has 0 bridgehead atoms. The van der Waals surface area contributed by atoms with Crippen LogP contribution in [0.4, 0.5) is 0 Å². The van der Waals surface area contributed by atoms with E-state index in [4.69, 9.17) is 0 Å². The van der Waals surface area contributed by atoms with Gasteiger partial charge in [0, 0.05) is 10.9 Å². The molecule has 1 saturated carbocycles. The van der Waals surface area contributed by atoms with Crippen LogP contribution in [-0.4, -0.2) is 22.9 Å². The quantitative estimate of drug-likeness (QED) is 0.874. The molecular weight excluding hydrogens is 232 g/mol. The highest BCUT2D eigenvalue weighted by Crippen LogP contribution is 2.52. The van der Waals surface area contributed by atoms with Crippen molar-refractivity contribution in [2.75, 3.05) is 0 Å². The van der Waals surface area contributed by atoms with E-state index in [0.717, 1.165) is 6.42 Å². The van der Waals surface area contributed by atoms with E-state index in [1.807, 2.05) is 13.0 Å². The van der Waals surface area contributed by atoms with Crippen LogP contribution >= 0.6 is 11.3 Å². The van der Waals surface area contributed by atoms with Gasteiger partial charge in [-0.2, -0.15) is 0 Å². The van der Waals surface area contributed by atoms with Gasteiger partial charge in [-0.25, -0.2) is 0 Å². The van der Waals surface area contributed by atoms with Crippen molar-refractivity contribution < 1.29 is 4.79 Å². The predicted molar refractivity (Wildman–Crippen MR) is 68.7 cm³/mol. The van der Waals surface area contributed by atoms with Gasteiger partial charge in [-0.15, -0.1) is 11.3 Å². The first kappa shape index (κ1) is 11.2. The van der Waals surface area contributed by atoms with Crippen LogP contribution in [0.15, 0.2) is 17.5 Å². The summed E-state index contributed by atoms with van der Waals surface area (Å²) in [6.45, 7) is 6.43. The average Bonchev–Trinajstić information content (AvgIpc) is 2.72. The molecule has 3 atom stereocenters. The Hall–Kier alpha value is -0.870. The third-order valence-corrected chi connectivity index (χ3v) is 4.85. The predicted octanol–water partition coefficient (Wildman–Crippen LogP) is 2.37. The van der Waals surface area contributed by atoms with Gasteiger partial charge in [-0.3, -0.25) is 10.1 Å². The number of carbonyl (C=O) groups excluding carboxylic acids is 1. The SMILES string of the molecule is CC1NC(c2cccs2)N(C2CC2(C)C)C1=O. The smallest absolute Gasteiger partial charge is 0.241 e. The average molecular weight is 250 g/mol. The Bertz CT molecular complexity index is 440. The first-order valence-corrected chi connectivity index (χ1v) is 7.00. The summed E-state index contributed by atoms with van der Waals surface area (Å²) < 4.78 is 0. The molecule has 0 radical (unpaired) electrons. The van der Waals surface area contributed by atoms with Crippen molar-refractivity contribution in [2.45, 2.75) is 45.4 Å². The Balaban J connectivity index is 1.90. The molecular formula is C13H18N2OS. The van der Waals surface area contributed by atoms with Crippen LogP contribution in [0.25, 0.3) is 0 Å². The van der Waals surface area contributed by atoms with E-state index in [9.17, 15) is 4.79 Å². The number of hydrogen-bond acceptors (Lipinski definition) is 3. The van der Waals surface area contributed by atoms with Crippen molar-refractivity contribution in [3.8, 4) is 0 Å². The molecule has 3 unspecified atom stereocenters. The minimum atomic E-state index is -0.0569. The first-order valence-electron chi connectivity index (χ1n) is 6.12. The van der Waals surface area contributed by atoms with E-state index in [0.29, 0.717) is 6.04 Å². The lowest BCUT2D eigenvalue weighted by molar-refractivity contribution is -0.130. The lowest BCUT2D eigenvalue weighted by atomic mass is 10.1. The van der Waals surface area contributed by atoms with Crippen LogP contribution in [0.3, 0.4) is 0 Å². The van der Waals surface area contributed by atoms with E-state index in [-0.39, 0.29) is 23.5 Å². The Kier molecular flexibility index (Phi) is 2.35. The molecule has 1 aliphatic carbocycles. The third kappa shape index (κ3) is 1.70. The molecule has 1 aromatic heterocycles. The molecule has 2 aliphatic rings. The van der Waals surface area contributed by atoms with Crippen molar-refractivity contribution in [2.24, 2.45) is 5.41 Å². The molecule has 4 heteroatoms. The second kappa shape index (κ2) is 3.56. The molecule has 92 valence electrons. The summed E-state index contributed by atoms with van der Waals surface area (Å²) in [5, 5.41) is 5.47. The second-order valence-corrected chi connectivity index (χ2v) is 6.74. The number of nitrogens with zero attached hydrogens (tertiary/aromatic N) is 1. The first-order chi connectivity index (χ1) is 8.00. The van der Waals surface area contributed by atoms with Gasteiger partial charge in [-0.05, 0) is 30.2 Å². The third-order valence-electron chi connectivity index (χ3n) is 3.92. The minimum absolute atomic E-state index is 0.0569. The van der Waals surface area contributed by atoms with Gasteiger partial charge < -0.3 is 4.90 Å². The van der Waals surface area contributed by atoms with Crippen molar-refractivity contribution in [1.29, 1.82) is 0 Å². The highest BCUT2D eigenvalue weighted by Gasteiger charge is 2.56.